The van der Waals surface area contributed by atoms with Gasteiger partial charge < -0.3 is 20.6 Å². The second-order valence-electron chi connectivity index (χ2n) is 12.1. The molecule has 6 nitrogen and oxygen atoms in total. The van der Waals surface area contributed by atoms with E-state index >= 15 is 0 Å². The van der Waals surface area contributed by atoms with Crippen LogP contribution in [0.4, 0.5) is 0 Å². The molecule has 0 spiro atoms. The maximum Gasteiger partial charge on any atom is 0.242 e. The summed E-state index contributed by atoms with van der Waals surface area (Å²) in [5, 5.41) is 18.1. The number of nitrogens with one attached hydrogen (secondary N) is 2. The first-order valence-corrected chi connectivity index (χ1v) is 14.7. The van der Waals surface area contributed by atoms with Crippen LogP contribution in [-0.4, -0.2) is 53.6 Å². The van der Waals surface area contributed by atoms with E-state index in [2.05, 4.69) is 55.7 Å². The Hall–Kier alpha value is -1.92. The third kappa shape index (κ3) is 8.54. The quantitative estimate of drug-likeness (QED) is 0.486. The van der Waals surface area contributed by atoms with E-state index in [9.17, 15) is 14.7 Å². The first-order valence-electron chi connectivity index (χ1n) is 14.7. The predicted octanol–water partition coefficient (Wildman–Crippen LogP) is 5.24. The number of carbonyl (C=O) groups excluding carboxylic acids is 2. The van der Waals surface area contributed by atoms with Gasteiger partial charge >= 0.3 is 0 Å². The average Bonchev–Trinajstić information content (AvgIpc) is 3.68. The minimum absolute atomic E-state index is 0.0150. The molecule has 1 saturated carbocycles. The second kappa shape index (κ2) is 13.7. The Morgan fingerprint density at radius 1 is 1.08 bits per heavy atom. The molecule has 0 aromatic heterocycles. The van der Waals surface area contributed by atoms with Gasteiger partial charge in [-0.05, 0) is 55.6 Å². The van der Waals surface area contributed by atoms with Crippen molar-refractivity contribution in [1.82, 2.24) is 15.5 Å². The van der Waals surface area contributed by atoms with E-state index in [-0.39, 0.29) is 23.4 Å². The lowest BCUT2D eigenvalue weighted by molar-refractivity contribution is -0.139. The van der Waals surface area contributed by atoms with Crippen LogP contribution in [0.5, 0.6) is 0 Å². The van der Waals surface area contributed by atoms with E-state index in [1.807, 2.05) is 0 Å². The fourth-order valence-electron chi connectivity index (χ4n) is 5.54. The van der Waals surface area contributed by atoms with E-state index in [4.69, 9.17) is 0 Å². The molecule has 0 radical (unpaired) electrons. The number of hydrogen-bond donors (Lipinski definition) is 3. The van der Waals surface area contributed by atoms with Gasteiger partial charge in [-0.1, -0.05) is 83.6 Å². The van der Waals surface area contributed by atoms with Gasteiger partial charge in [0.25, 0.3) is 0 Å². The van der Waals surface area contributed by atoms with Crippen LogP contribution in [0.2, 0.25) is 0 Å². The Balaban J connectivity index is 1.68. The number of amides is 2. The molecule has 2 aliphatic rings. The predicted molar refractivity (Wildman–Crippen MR) is 150 cm³/mol. The molecule has 2 fully saturated rings. The molecule has 208 valence electrons. The van der Waals surface area contributed by atoms with Crippen molar-refractivity contribution >= 4 is 11.8 Å². The molecule has 1 saturated heterocycles. The molecule has 1 heterocycles. The van der Waals surface area contributed by atoms with Crippen LogP contribution in [0.15, 0.2) is 24.3 Å². The highest BCUT2D eigenvalue weighted by atomic mass is 16.3. The van der Waals surface area contributed by atoms with E-state index in [0.29, 0.717) is 24.8 Å². The summed E-state index contributed by atoms with van der Waals surface area (Å²) >= 11 is 0. The van der Waals surface area contributed by atoms with Crippen molar-refractivity contribution in [2.75, 3.05) is 13.6 Å². The summed E-state index contributed by atoms with van der Waals surface area (Å²) in [4.78, 5) is 27.4. The summed E-state index contributed by atoms with van der Waals surface area (Å²) in [5.74, 6) is 0.703. The summed E-state index contributed by atoms with van der Waals surface area (Å²) in [6.45, 7) is 8.85. The largest absolute Gasteiger partial charge is 0.390 e. The van der Waals surface area contributed by atoms with Gasteiger partial charge in [0.05, 0.1) is 12.1 Å². The SMILES string of the molecule is CC(C)c1cccc(C2(NC[C@@H](O)[C@@H]3C[C@H](C)CCCCCCCCC(=O)N(C)[C@@H](C)C(=O)N3)CC2)c1. The van der Waals surface area contributed by atoms with Gasteiger partial charge in [-0.2, -0.15) is 0 Å². The summed E-state index contributed by atoms with van der Waals surface area (Å²) in [6, 6.07) is 7.87. The van der Waals surface area contributed by atoms with Crippen molar-refractivity contribution in [3.8, 4) is 0 Å². The van der Waals surface area contributed by atoms with Crippen LogP contribution in [0.25, 0.3) is 0 Å². The molecule has 0 unspecified atom stereocenters. The van der Waals surface area contributed by atoms with E-state index in [1.165, 1.54) is 30.4 Å². The highest BCUT2D eigenvalue weighted by Crippen LogP contribution is 2.46. The molecular weight excluding hydrogens is 462 g/mol. The normalized spacial score (nSPS) is 27.1. The van der Waals surface area contributed by atoms with Crippen LogP contribution in [0.3, 0.4) is 0 Å². The standard InChI is InChI=1S/C31H51N3O3/c1-22(2)25-14-12-15-26(20-25)31(17-18-31)32-21-28(35)27-19-23(3)13-10-8-6-7-9-11-16-29(36)34(5)24(4)30(37)33-27/h12,14-15,20,22-24,27-28,32,35H,6-11,13,16-19,21H2,1-5H3,(H,33,37)/t23-,24+,27+,28-/m1/s1. The van der Waals surface area contributed by atoms with Gasteiger partial charge in [-0.15, -0.1) is 0 Å². The molecule has 1 aliphatic carbocycles. The number of hydrogen-bond acceptors (Lipinski definition) is 4. The van der Waals surface area contributed by atoms with Crippen molar-refractivity contribution in [3.63, 3.8) is 0 Å². The van der Waals surface area contributed by atoms with Gasteiger partial charge in [0, 0.05) is 25.6 Å². The highest BCUT2D eigenvalue weighted by molar-refractivity contribution is 5.87. The zero-order valence-electron chi connectivity index (χ0n) is 23.9. The number of nitrogens with zero attached hydrogens (tertiary/aromatic N) is 1. The Labute approximate surface area is 225 Å². The number of aliphatic hydroxyl groups excluding tert-OH is 1. The van der Waals surface area contributed by atoms with Gasteiger partial charge in [-0.3, -0.25) is 9.59 Å². The molecule has 3 rings (SSSR count). The third-order valence-corrected chi connectivity index (χ3v) is 8.65. The Kier molecular flexibility index (Phi) is 11.0. The van der Waals surface area contributed by atoms with Crippen LogP contribution in [-0.2, 0) is 15.1 Å². The van der Waals surface area contributed by atoms with E-state index < -0.39 is 12.1 Å². The topological polar surface area (TPSA) is 81.7 Å². The van der Waals surface area contributed by atoms with E-state index in [1.54, 1.807) is 18.9 Å². The smallest absolute Gasteiger partial charge is 0.242 e. The summed E-state index contributed by atoms with van der Waals surface area (Å²) in [6.07, 6.45) is 10.4. The molecular formula is C31H51N3O3. The summed E-state index contributed by atoms with van der Waals surface area (Å²) in [5.41, 5.74) is 2.53. The molecule has 1 aromatic rings. The number of benzene rings is 1. The monoisotopic (exact) mass is 513 g/mol. The molecule has 4 atom stereocenters. The number of rotatable bonds is 6. The lowest BCUT2D eigenvalue weighted by Gasteiger charge is -2.32. The van der Waals surface area contributed by atoms with Crippen molar-refractivity contribution in [3.05, 3.63) is 35.4 Å². The minimum Gasteiger partial charge on any atom is -0.390 e. The van der Waals surface area contributed by atoms with Crippen LogP contribution in [0, 0.1) is 5.92 Å². The Morgan fingerprint density at radius 3 is 2.43 bits per heavy atom. The van der Waals surface area contributed by atoms with Gasteiger partial charge in [0.1, 0.15) is 6.04 Å². The number of aliphatic hydroxyl groups is 1. The van der Waals surface area contributed by atoms with Gasteiger partial charge in [0.15, 0.2) is 0 Å². The second-order valence-corrected chi connectivity index (χ2v) is 12.1. The lowest BCUT2D eigenvalue weighted by Crippen LogP contribution is -2.54. The van der Waals surface area contributed by atoms with E-state index in [0.717, 1.165) is 44.9 Å². The highest BCUT2D eigenvalue weighted by Gasteiger charge is 2.44. The van der Waals surface area contributed by atoms with Crippen molar-refractivity contribution in [2.24, 2.45) is 5.92 Å². The number of carbonyl (C=O) groups is 2. The molecule has 0 bridgehead atoms. The van der Waals surface area contributed by atoms with Crippen molar-refractivity contribution in [1.29, 1.82) is 0 Å². The molecule has 2 amide bonds. The third-order valence-electron chi connectivity index (χ3n) is 8.65. The average molecular weight is 514 g/mol. The first kappa shape index (κ1) is 29.6. The van der Waals surface area contributed by atoms with Crippen LogP contribution < -0.4 is 10.6 Å². The fraction of sp³-hybridized carbons (Fsp3) is 0.742. The maximum absolute atomic E-state index is 13.2. The Bertz CT molecular complexity index is 882. The van der Waals surface area contributed by atoms with Gasteiger partial charge in [-0.25, -0.2) is 0 Å². The molecule has 37 heavy (non-hydrogen) atoms. The molecule has 1 aliphatic heterocycles. The zero-order valence-corrected chi connectivity index (χ0v) is 23.9. The van der Waals surface area contributed by atoms with Crippen LogP contribution >= 0.6 is 0 Å². The molecule has 3 N–H and O–H groups in total. The van der Waals surface area contributed by atoms with Gasteiger partial charge in [0.2, 0.25) is 11.8 Å². The Morgan fingerprint density at radius 2 is 1.76 bits per heavy atom. The lowest BCUT2D eigenvalue weighted by atomic mass is 9.92. The molecule has 1 aromatic carbocycles. The number of likely N-dealkylation sites (N-methyl/N-ethyl adjacent to an activating group) is 1. The summed E-state index contributed by atoms with van der Waals surface area (Å²) < 4.78 is 0. The molecule has 6 heteroatoms. The maximum atomic E-state index is 13.2. The minimum atomic E-state index is -0.704. The summed E-state index contributed by atoms with van der Waals surface area (Å²) in [7, 11) is 1.72. The first-order chi connectivity index (χ1) is 17.6. The van der Waals surface area contributed by atoms with Crippen molar-refractivity contribution < 1.29 is 14.7 Å². The van der Waals surface area contributed by atoms with Crippen LogP contribution in [0.1, 0.15) is 115 Å². The zero-order chi connectivity index (χ0) is 27.0. The fourth-order valence-corrected chi connectivity index (χ4v) is 5.54. The van der Waals surface area contributed by atoms with Crippen molar-refractivity contribution in [2.45, 2.75) is 128 Å².